The second kappa shape index (κ2) is 10.2. The van der Waals surface area contributed by atoms with Crippen molar-refractivity contribution in [3.05, 3.63) is 123 Å². The average Bonchev–Trinajstić information content (AvgIpc) is 3.19. The van der Waals surface area contributed by atoms with Crippen molar-refractivity contribution in [1.82, 2.24) is 9.88 Å². The largest absolute Gasteiger partial charge is 0.505 e. The van der Waals surface area contributed by atoms with Crippen molar-refractivity contribution in [2.45, 2.75) is 32.2 Å². The minimum Gasteiger partial charge on any atom is -0.505 e. The number of nitrogens with zero attached hydrogens (tertiary/aromatic N) is 3. The Kier molecular flexibility index (Phi) is 6.68. The molecule has 0 fully saturated rings. The molecule has 0 aliphatic carbocycles. The molecule has 1 aliphatic rings. The van der Waals surface area contributed by atoms with Crippen LogP contribution in [0.1, 0.15) is 58.7 Å². The van der Waals surface area contributed by atoms with Crippen LogP contribution >= 0.6 is 0 Å². The quantitative estimate of drug-likeness (QED) is 0.230. The lowest BCUT2D eigenvalue weighted by Crippen LogP contribution is -2.30. The van der Waals surface area contributed by atoms with Crippen LogP contribution < -0.4 is 0 Å². The molecule has 0 spiro atoms. The zero-order chi connectivity index (χ0) is 25.9. The molecule has 0 bridgehead atoms. The predicted molar refractivity (Wildman–Crippen MR) is 141 cm³/mol. The zero-order valence-electron chi connectivity index (χ0n) is 20.5. The number of carbonyl (C=O) groups excluding carboxylic acids is 1. The molecule has 7 heteroatoms. The smallest absolute Gasteiger partial charge is 0.269 e. The van der Waals surface area contributed by atoms with Crippen LogP contribution in [0.5, 0.6) is 5.75 Å². The fourth-order valence-corrected chi connectivity index (χ4v) is 4.94. The van der Waals surface area contributed by atoms with Gasteiger partial charge in [-0.2, -0.15) is 0 Å². The minimum absolute atomic E-state index is 0.0588. The Hall–Kier alpha value is -4.52. The first-order chi connectivity index (χ1) is 18.0. The summed E-state index contributed by atoms with van der Waals surface area (Å²) in [5.74, 6) is -0.270. The summed E-state index contributed by atoms with van der Waals surface area (Å²) in [6, 6.07) is 25.1. The Balaban J connectivity index is 1.75. The average molecular weight is 494 g/mol. The van der Waals surface area contributed by atoms with E-state index in [1.54, 1.807) is 12.1 Å². The van der Waals surface area contributed by atoms with Gasteiger partial charge in [0.1, 0.15) is 11.8 Å². The van der Waals surface area contributed by atoms with E-state index in [0.717, 1.165) is 24.0 Å². The lowest BCUT2D eigenvalue weighted by molar-refractivity contribution is -0.384. The molecule has 1 aliphatic heterocycles. The zero-order valence-corrected chi connectivity index (χ0v) is 20.5. The van der Waals surface area contributed by atoms with Gasteiger partial charge in [0, 0.05) is 30.7 Å². The van der Waals surface area contributed by atoms with Gasteiger partial charge >= 0.3 is 0 Å². The van der Waals surface area contributed by atoms with Gasteiger partial charge < -0.3 is 10.0 Å². The van der Waals surface area contributed by atoms with Gasteiger partial charge in [0.2, 0.25) is 0 Å². The number of pyridine rings is 1. The van der Waals surface area contributed by atoms with E-state index in [0.29, 0.717) is 41.0 Å². The number of nitro benzene ring substituents is 1. The van der Waals surface area contributed by atoms with Gasteiger partial charge in [0.15, 0.2) is 0 Å². The number of amides is 1. The minimum atomic E-state index is -0.468. The fraction of sp³-hybridized carbons (Fsp3) is 0.200. The summed E-state index contributed by atoms with van der Waals surface area (Å²) >= 11 is 0. The Bertz CT molecular complexity index is 1440. The van der Waals surface area contributed by atoms with Gasteiger partial charge in [0.25, 0.3) is 11.6 Å². The van der Waals surface area contributed by atoms with Gasteiger partial charge in [-0.1, -0.05) is 74.0 Å². The van der Waals surface area contributed by atoms with Crippen molar-refractivity contribution in [2.24, 2.45) is 0 Å². The van der Waals surface area contributed by atoms with Crippen molar-refractivity contribution in [1.29, 1.82) is 0 Å². The standard InChI is InChI=1S/C30H27N3O4/c1-2-3-18-32-28(22-12-8-5-9-13-22)27-26(30(32)35)25(21-14-16-23(17-15-21)33(36)37)29(34)24(31-27)19-20-10-6-4-7-11-20/h4-17,28,34H,2-3,18-19H2,1H3. The summed E-state index contributed by atoms with van der Waals surface area (Å²) in [5, 5.41) is 22.8. The molecule has 0 radical (unpaired) electrons. The number of nitro groups is 1. The number of carbonyl (C=O) groups is 1. The molecule has 1 aromatic heterocycles. The Morgan fingerprint density at radius 1 is 0.946 bits per heavy atom. The van der Waals surface area contributed by atoms with Crippen LogP contribution in [0.3, 0.4) is 0 Å². The first-order valence-corrected chi connectivity index (χ1v) is 12.4. The molecular weight excluding hydrogens is 466 g/mol. The Morgan fingerprint density at radius 2 is 1.59 bits per heavy atom. The SMILES string of the molecule is CCCCN1C(=O)c2c(nc(Cc3ccccc3)c(O)c2-c2ccc([N+](=O)[O-])cc2)C1c1ccccc1. The van der Waals surface area contributed by atoms with Gasteiger partial charge in [-0.3, -0.25) is 19.9 Å². The summed E-state index contributed by atoms with van der Waals surface area (Å²) in [7, 11) is 0. The molecule has 4 aromatic rings. The number of aromatic nitrogens is 1. The van der Waals surface area contributed by atoms with E-state index in [9.17, 15) is 20.0 Å². The summed E-state index contributed by atoms with van der Waals surface area (Å²) < 4.78 is 0. The summed E-state index contributed by atoms with van der Waals surface area (Å²) in [6.07, 6.45) is 2.14. The third-order valence-corrected chi connectivity index (χ3v) is 6.77. The number of fused-ring (bicyclic) bond motifs is 1. The van der Waals surface area contributed by atoms with E-state index in [-0.39, 0.29) is 23.4 Å². The molecule has 37 heavy (non-hydrogen) atoms. The molecule has 0 saturated carbocycles. The van der Waals surface area contributed by atoms with Gasteiger partial charge in [-0.05, 0) is 35.2 Å². The summed E-state index contributed by atoms with van der Waals surface area (Å²) in [6.45, 7) is 2.63. The first kappa shape index (κ1) is 24.2. The van der Waals surface area contributed by atoms with E-state index < -0.39 is 4.92 Å². The normalized spacial score (nSPS) is 14.6. The molecule has 5 rings (SSSR count). The molecule has 2 heterocycles. The molecule has 7 nitrogen and oxygen atoms in total. The predicted octanol–water partition coefficient (Wildman–Crippen LogP) is 6.30. The van der Waals surface area contributed by atoms with Crippen LogP contribution in [0, 0.1) is 10.1 Å². The maximum atomic E-state index is 13.9. The number of hydrogen-bond acceptors (Lipinski definition) is 5. The second-order valence-electron chi connectivity index (χ2n) is 9.17. The number of rotatable bonds is 8. The number of hydrogen-bond donors (Lipinski definition) is 1. The highest BCUT2D eigenvalue weighted by molar-refractivity contribution is 6.06. The monoisotopic (exact) mass is 493 g/mol. The van der Waals surface area contributed by atoms with Crippen LogP contribution in [0.25, 0.3) is 11.1 Å². The van der Waals surface area contributed by atoms with E-state index in [1.165, 1.54) is 12.1 Å². The maximum Gasteiger partial charge on any atom is 0.269 e. The van der Waals surface area contributed by atoms with Crippen LogP contribution in [-0.2, 0) is 6.42 Å². The third-order valence-electron chi connectivity index (χ3n) is 6.77. The van der Waals surface area contributed by atoms with Gasteiger partial charge in [0.05, 0.1) is 21.9 Å². The van der Waals surface area contributed by atoms with Crippen molar-refractivity contribution in [2.75, 3.05) is 6.54 Å². The van der Waals surface area contributed by atoms with Crippen LogP contribution in [0.2, 0.25) is 0 Å². The highest BCUT2D eigenvalue weighted by Gasteiger charge is 2.42. The molecule has 1 unspecified atom stereocenters. The lowest BCUT2D eigenvalue weighted by atomic mass is 9.93. The number of non-ortho nitro benzene ring substituents is 1. The number of unbranched alkanes of at least 4 members (excludes halogenated alkanes) is 1. The highest BCUT2D eigenvalue weighted by Crippen LogP contribution is 2.46. The summed E-state index contributed by atoms with van der Waals surface area (Å²) in [4.78, 5) is 31.5. The topological polar surface area (TPSA) is 96.6 Å². The molecule has 1 amide bonds. The molecule has 1 atom stereocenters. The van der Waals surface area contributed by atoms with E-state index in [4.69, 9.17) is 4.98 Å². The Morgan fingerprint density at radius 3 is 2.22 bits per heavy atom. The van der Waals surface area contributed by atoms with E-state index in [2.05, 4.69) is 6.92 Å². The molecular formula is C30H27N3O4. The molecule has 1 N–H and O–H groups in total. The van der Waals surface area contributed by atoms with Gasteiger partial charge in [-0.25, -0.2) is 0 Å². The van der Waals surface area contributed by atoms with Crippen LogP contribution in [-0.4, -0.2) is 32.4 Å². The maximum absolute atomic E-state index is 13.9. The number of aromatic hydroxyl groups is 1. The molecule has 3 aromatic carbocycles. The van der Waals surface area contributed by atoms with E-state index in [1.807, 2.05) is 65.6 Å². The molecule has 186 valence electrons. The third kappa shape index (κ3) is 4.56. The first-order valence-electron chi connectivity index (χ1n) is 12.4. The van der Waals surface area contributed by atoms with Gasteiger partial charge in [-0.15, -0.1) is 0 Å². The van der Waals surface area contributed by atoms with E-state index >= 15 is 0 Å². The molecule has 0 saturated heterocycles. The summed E-state index contributed by atoms with van der Waals surface area (Å²) in [5.41, 5.74) is 4.19. The van der Waals surface area contributed by atoms with Crippen LogP contribution in [0.4, 0.5) is 5.69 Å². The van der Waals surface area contributed by atoms with Crippen molar-refractivity contribution in [3.63, 3.8) is 0 Å². The van der Waals surface area contributed by atoms with Crippen molar-refractivity contribution in [3.8, 4) is 16.9 Å². The van der Waals surface area contributed by atoms with Crippen molar-refractivity contribution < 1.29 is 14.8 Å². The highest BCUT2D eigenvalue weighted by atomic mass is 16.6. The Labute approximate surface area is 215 Å². The lowest BCUT2D eigenvalue weighted by Gasteiger charge is -2.25. The van der Waals surface area contributed by atoms with Crippen molar-refractivity contribution >= 4 is 11.6 Å². The number of benzene rings is 3. The van der Waals surface area contributed by atoms with Crippen LogP contribution in [0.15, 0.2) is 84.9 Å². The second-order valence-corrected chi connectivity index (χ2v) is 9.17. The fourth-order valence-electron chi connectivity index (χ4n) is 4.94.